The van der Waals surface area contributed by atoms with Gasteiger partial charge in [-0.25, -0.2) is 13.2 Å². The summed E-state index contributed by atoms with van der Waals surface area (Å²) < 4.78 is 32.6. The van der Waals surface area contributed by atoms with Gasteiger partial charge in [0.15, 0.2) is 15.6 Å². The van der Waals surface area contributed by atoms with Crippen LogP contribution in [0.15, 0.2) is 108 Å². The molecular formula is C31H27N3O4S. The quantitative estimate of drug-likeness (QED) is 0.303. The Labute approximate surface area is 228 Å². The number of likely N-dealkylation sites (tertiary alicyclic amines) is 1. The van der Waals surface area contributed by atoms with Gasteiger partial charge in [0.1, 0.15) is 5.75 Å². The number of hydrogen-bond acceptors (Lipinski definition) is 5. The van der Waals surface area contributed by atoms with E-state index in [1.165, 1.54) is 0 Å². The average Bonchev–Trinajstić information content (AvgIpc) is 2.99. The Hall–Kier alpha value is -4.61. The third-order valence-electron chi connectivity index (χ3n) is 6.80. The zero-order valence-corrected chi connectivity index (χ0v) is 22.0. The number of para-hydroxylation sites is 3. The lowest BCUT2D eigenvalue weighted by Crippen LogP contribution is -2.44. The number of piperidine rings is 1. The highest BCUT2D eigenvalue weighted by Crippen LogP contribution is 2.31. The zero-order chi connectivity index (χ0) is 27.2. The third kappa shape index (κ3) is 5.95. The van der Waals surface area contributed by atoms with Crippen LogP contribution in [-0.2, 0) is 9.84 Å². The van der Waals surface area contributed by atoms with Gasteiger partial charge in [0, 0.05) is 13.1 Å². The summed E-state index contributed by atoms with van der Waals surface area (Å²) in [6.07, 6.45) is 0.713. The molecule has 0 atom stereocenters. The van der Waals surface area contributed by atoms with Crippen molar-refractivity contribution in [3.05, 3.63) is 109 Å². The molecule has 0 aliphatic carbocycles. The van der Waals surface area contributed by atoms with Gasteiger partial charge in [-0.1, -0.05) is 54.6 Å². The molecule has 4 aromatic carbocycles. The lowest BCUT2D eigenvalue weighted by atomic mass is 10.0. The number of nitrogens with one attached hydrogen (secondary N) is 1. The summed E-state index contributed by atoms with van der Waals surface area (Å²) >= 11 is 0. The maximum atomic E-state index is 13.3. The Morgan fingerprint density at radius 1 is 0.821 bits per heavy atom. The summed E-state index contributed by atoms with van der Waals surface area (Å²) in [6.45, 7) is 0.668. The largest absolute Gasteiger partial charge is 0.455 e. The molecule has 5 rings (SSSR count). The Bertz CT molecular complexity index is 1590. The number of rotatable bonds is 6. The second-order valence-electron chi connectivity index (χ2n) is 9.29. The van der Waals surface area contributed by atoms with E-state index >= 15 is 0 Å². The number of hydrogen-bond donors (Lipinski definition) is 1. The van der Waals surface area contributed by atoms with E-state index in [4.69, 9.17) is 10.00 Å². The molecule has 1 saturated heterocycles. The number of urea groups is 1. The fourth-order valence-electron chi connectivity index (χ4n) is 4.60. The number of nitrogens with zero attached hydrogens (tertiary/aromatic N) is 2. The minimum absolute atomic E-state index is 0.273. The molecule has 196 valence electrons. The number of anilines is 1. The lowest BCUT2D eigenvalue weighted by molar-refractivity contribution is 0.200. The molecular weight excluding hydrogens is 510 g/mol. The standard InChI is InChI=1S/C31H27N3O4S/c32-22-23-10-12-24(13-11-23)25-14-16-27(17-15-25)39(36,37)28-18-20-34(21-19-28)31(35)33-29-8-4-5-9-30(29)38-26-6-2-1-3-7-26/h1-17,28H,18-21H2,(H,33,35). The van der Waals surface area contributed by atoms with E-state index in [2.05, 4.69) is 11.4 Å². The Morgan fingerprint density at radius 3 is 2.05 bits per heavy atom. The lowest BCUT2D eigenvalue weighted by Gasteiger charge is -2.32. The van der Waals surface area contributed by atoms with E-state index in [0.717, 1.165) is 11.1 Å². The molecule has 39 heavy (non-hydrogen) atoms. The maximum Gasteiger partial charge on any atom is 0.321 e. The molecule has 0 bridgehead atoms. The second kappa shape index (κ2) is 11.4. The maximum absolute atomic E-state index is 13.3. The highest BCUT2D eigenvalue weighted by molar-refractivity contribution is 7.92. The Balaban J connectivity index is 1.20. The average molecular weight is 538 g/mol. The van der Waals surface area contributed by atoms with Crippen molar-refractivity contribution in [1.29, 1.82) is 5.26 Å². The summed E-state index contributed by atoms with van der Waals surface area (Å²) in [6, 6.07) is 32.3. The van der Waals surface area contributed by atoms with Crippen molar-refractivity contribution in [3.8, 4) is 28.7 Å². The van der Waals surface area contributed by atoms with Gasteiger partial charge in [-0.3, -0.25) is 0 Å². The Morgan fingerprint density at radius 2 is 1.41 bits per heavy atom. The SMILES string of the molecule is N#Cc1ccc(-c2ccc(S(=O)(=O)C3CCN(C(=O)Nc4ccccc4Oc4ccccc4)CC3)cc2)cc1. The van der Waals surface area contributed by atoms with Crippen LogP contribution in [0.1, 0.15) is 18.4 Å². The van der Waals surface area contributed by atoms with Gasteiger partial charge >= 0.3 is 6.03 Å². The van der Waals surface area contributed by atoms with Crippen molar-refractivity contribution >= 4 is 21.6 Å². The molecule has 0 radical (unpaired) electrons. The minimum Gasteiger partial charge on any atom is -0.455 e. The van der Waals surface area contributed by atoms with Gasteiger partial charge in [-0.15, -0.1) is 0 Å². The number of carbonyl (C=O) groups excluding carboxylic acids is 1. The minimum atomic E-state index is -3.54. The van der Waals surface area contributed by atoms with Crippen molar-refractivity contribution in [1.82, 2.24) is 4.90 Å². The summed E-state index contributed by atoms with van der Waals surface area (Å²) in [7, 11) is -3.54. The molecule has 4 aromatic rings. The predicted octanol–water partition coefficient (Wildman–Crippen LogP) is 6.49. The number of carbonyl (C=O) groups is 1. The van der Waals surface area contributed by atoms with Crippen LogP contribution in [0.4, 0.5) is 10.5 Å². The molecule has 1 fully saturated rings. The molecule has 1 aliphatic rings. The summed E-state index contributed by atoms with van der Waals surface area (Å²) in [5, 5.41) is 11.3. The highest BCUT2D eigenvalue weighted by Gasteiger charge is 2.33. The molecule has 0 unspecified atom stereocenters. The second-order valence-corrected chi connectivity index (χ2v) is 11.5. The van der Waals surface area contributed by atoms with Gasteiger partial charge in [0.25, 0.3) is 0 Å². The highest BCUT2D eigenvalue weighted by atomic mass is 32.2. The molecule has 0 aromatic heterocycles. The number of amides is 2. The van der Waals surface area contributed by atoms with Crippen LogP contribution in [0.2, 0.25) is 0 Å². The number of sulfone groups is 1. The first-order chi connectivity index (χ1) is 18.9. The number of nitriles is 1. The Kier molecular flexibility index (Phi) is 7.62. The van der Waals surface area contributed by atoms with Crippen LogP contribution >= 0.6 is 0 Å². The molecule has 7 nitrogen and oxygen atoms in total. The van der Waals surface area contributed by atoms with E-state index < -0.39 is 15.1 Å². The number of benzene rings is 4. The van der Waals surface area contributed by atoms with Gasteiger partial charge < -0.3 is 15.0 Å². The predicted molar refractivity (Wildman–Crippen MR) is 150 cm³/mol. The van der Waals surface area contributed by atoms with Crippen LogP contribution in [0.3, 0.4) is 0 Å². The van der Waals surface area contributed by atoms with E-state index in [0.29, 0.717) is 48.7 Å². The van der Waals surface area contributed by atoms with Crippen LogP contribution in [-0.4, -0.2) is 37.7 Å². The molecule has 1 aliphatic heterocycles. The summed E-state index contributed by atoms with van der Waals surface area (Å²) in [4.78, 5) is 14.9. The first kappa shape index (κ1) is 26.0. The zero-order valence-electron chi connectivity index (χ0n) is 21.2. The van der Waals surface area contributed by atoms with Crippen molar-refractivity contribution in [2.45, 2.75) is 23.0 Å². The van der Waals surface area contributed by atoms with Gasteiger partial charge in [-0.05, 0) is 72.5 Å². The van der Waals surface area contributed by atoms with Crippen molar-refractivity contribution < 1.29 is 17.9 Å². The van der Waals surface area contributed by atoms with Gasteiger partial charge in [0.2, 0.25) is 0 Å². The van der Waals surface area contributed by atoms with E-state index in [1.54, 1.807) is 53.4 Å². The van der Waals surface area contributed by atoms with Gasteiger partial charge in [0.05, 0.1) is 27.5 Å². The van der Waals surface area contributed by atoms with Crippen LogP contribution in [0.5, 0.6) is 11.5 Å². The van der Waals surface area contributed by atoms with Crippen molar-refractivity contribution in [3.63, 3.8) is 0 Å². The van der Waals surface area contributed by atoms with Crippen LogP contribution < -0.4 is 10.1 Å². The van der Waals surface area contributed by atoms with Crippen molar-refractivity contribution in [2.75, 3.05) is 18.4 Å². The van der Waals surface area contributed by atoms with Crippen molar-refractivity contribution in [2.24, 2.45) is 0 Å². The normalized spacial score (nSPS) is 13.9. The van der Waals surface area contributed by atoms with E-state index in [-0.39, 0.29) is 10.9 Å². The first-order valence-corrected chi connectivity index (χ1v) is 14.2. The third-order valence-corrected chi connectivity index (χ3v) is 9.08. The first-order valence-electron chi connectivity index (χ1n) is 12.7. The molecule has 1 heterocycles. The van der Waals surface area contributed by atoms with E-state index in [1.807, 2.05) is 54.6 Å². The monoisotopic (exact) mass is 537 g/mol. The fourth-order valence-corrected chi connectivity index (χ4v) is 6.34. The molecule has 1 N–H and O–H groups in total. The van der Waals surface area contributed by atoms with Crippen LogP contribution in [0.25, 0.3) is 11.1 Å². The summed E-state index contributed by atoms with van der Waals surface area (Å²) in [5.74, 6) is 1.19. The van der Waals surface area contributed by atoms with Crippen LogP contribution in [0, 0.1) is 11.3 Å². The molecule has 0 spiro atoms. The van der Waals surface area contributed by atoms with Gasteiger partial charge in [-0.2, -0.15) is 5.26 Å². The molecule has 0 saturated carbocycles. The fraction of sp³-hybridized carbons (Fsp3) is 0.161. The summed E-state index contributed by atoms with van der Waals surface area (Å²) in [5.41, 5.74) is 2.90. The smallest absolute Gasteiger partial charge is 0.321 e. The topological polar surface area (TPSA) is 99.5 Å². The molecule has 2 amide bonds. The molecule has 8 heteroatoms. The number of ether oxygens (including phenoxy) is 1. The van der Waals surface area contributed by atoms with E-state index in [9.17, 15) is 13.2 Å².